The van der Waals surface area contributed by atoms with Crippen molar-refractivity contribution < 1.29 is 8.42 Å². The van der Waals surface area contributed by atoms with Crippen LogP contribution in [-0.4, -0.2) is 42.6 Å². The molecule has 0 atom stereocenters. The standard InChI is InChI=1S/C14H26N4O2S/c1-5-15-10-12-11(2)16-17-13(12)21(19,20)18-8-6-14(3,4)7-9-18/h15H,5-10H2,1-4H3,(H,16,17). The normalized spacial score (nSPS) is 19.8. The number of aryl methyl sites for hydroxylation is 1. The van der Waals surface area contributed by atoms with E-state index >= 15 is 0 Å². The predicted octanol–water partition coefficient (Wildman–Crippen LogP) is 1.64. The van der Waals surface area contributed by atoms with E-state index in [0.717, 1.165) is 30.6 Å². The van der Waals surface area contributed by atoms with Crippen molar-refractivity contribution in [3.63, 3.8) is 0 Å². The molecule has 2 heterocycles. The number of nitrogens with one attached hydrogen (secondary N) is 2. The Morgan fingerprint density at radius 2 is 1.95 bits per heavy atom. The minimum absolute atomic E-state index is 0.181. The second-order valence-electron chi connectivity index (χ2n) is 6.48. The van der Waals surface area contributed by atoms with Crippen LogP contribution in [0.5, 0.6) is 0 Å². The second-order valence-corrected chi connectivity index (χ2v) is 8.33. The summed E-state index contributed by atoms with van der Waals surface area (Å²) in [5, 5.41) is 10.2. The zero-order chi connectivity index (χ0) is 15.7. The molecule has 0 bridgehead atoms. The fourth-order valence-electron chi connectivity index (χ4n) is 2.56. The van der Waals surface area contributed by atoms with Crippen LogP contribution in [0, 0.1) is 12.3 Å². The summed E-state index contributed by atoms with van der Waals surface area (Å²) in [5.41, 5.74) is 1.79. The quantitative estimate of drug-likeness (QED) is 0.866. The van der Waals surface area contributed by atoms with E-state index < -0.39 is 10.0 Å². The van der Waals surface area contributed by atoms with Crippen LogP contribution in [0.3, 0.4) is 0 Å². The van der Waals surface area contributed by atoms with Crippen molar-refractivity contribution in [2.45, 2.75) is 52.1 Å². The second kappa shape index (κ2) is 6.06. The maximum atomic E-state index is 12.8. The first-order valence-electron chi connectivity index (χ1n) is 7.52. The van der Waals surface area contributed by atoms with Crippen molar-refractivity contribution in [3.05, 3.63) is 11.3 Å². The molecule has 2 N–H and O–H groups in total. The predicted molar refractivity (Wildman–Crippen MR) is 82.5 cm³/mol. The van der Waals surface area contributed by atoms with Gasteiger partial charge in [-0.2, -0.15) is 9.40 Å². The van der Waals surface area contributed by atoms with Crippen LogP contribution in [0.1, 0.15) is 44.9 Å². The molecule has 1 saturated heterocycles. The zero-order valence-corrected chi connectivity index (χ0v) is 14.2. The van der Waals surface area contributed by atoms with E-state index in [-0.39, 0.29) is 10.4 Å². The molecule has 0 unspecified atom stereocenters. The van der Waals surface area contributed by atoms with Crippen LogP contribution in [0.4, 0.5) is 0 Å². The summed E-state index contributed by atoms with van der Waals surface area (Å²) in [6, 6.07) is 0. The molecule has 1 aliphatic heterocycles. The Balaban J connectivity index is 2.24. The van der Waals surface area contributed by atoms with Crippen LogP contribution in [-0.2, 0) is 16.6 Å². The molecule has 1 aromatic heterocycles. The van der Waals surface area contributed by atoms with Crippen molar-refractivity contribution in [2.24, 2.45) is 5.41 Å². The monoisotopic (exact) mass is 314 g/mol. The first kappa shape index (κ1) is 16.5. The highest BCUT2D eigenvalue weighted by Gasteiger charge is 2.35. The zero-order valence-electron chi connectivity index (χ0n) is 13.4. The Morgan fingerprint density at radius 1 is 1.33 bits per heavy atom. The molecule has 2 rings (SSSR count). The fraction of sp³-hybridized carbons (Fsp3) is 0.786. The van der Waals surface area contributed by atoms with Gasteiger partial charge in [-0.25, -0.2) is 8.42 Å². The van der Waals surface area contributed by atoms with Crippen molar-refractivity contribution in [1.29, 1.82) is 0 Å². The lowest BCUT2D eigenvalue weighted by molar-refractivity contribution is 0.195. The summed E-state index contributed by atoms with van der Waals surface area (Å²) >= 11 is 0. The summed E-state index contributed by atoms with van der Waals surface area (Å²) in [4.78, 5) is 0. The lowest BCUT2D eigenvalue weighted by Crippen LogP contribution is -2.41. The molecule has 0 radical (unpaired) electrons. The molecule has 1 fully saturated rings. The summed E-state index contributed by atoms with van der Waals surface area (Å²) in [5.74, 6) is 0. The van der Waals surface area contributed by atoms with Gasteiger partial charge in [0.05, 0.1) is 0 Å². The van der Waals surface area contributed by atoms with Crippen molar-refractivity contribution in [3.8, 4) is 0 Å². The number of aromatic amines is 1. The molecular weight excluding hydrogens is 288 g/mol. The average molecular weight is 314 g/mol. The highest BCUT2D eigenvalue weighted by molar-refractivity contribution is 7.89. The van der Waals surface area contributed by atoms with Gasteiger partial charge in [0.1, 0.15) is 0 Å². The highest BCUT2D eigenvalue weighted by Crippen LogP contribution is 2.32. The average Bonchev–Trinajstić information content (AvgIpc) is 2.78. The third kappa shape index (κ3) is 3.46. The minimum atomic E-state index is -3.50. The van der Waals surface area contributed by atoms with Crippen LogP contribution in [0.25, 0.3) is 0 Å². The fourth-order valence-corrected chi connectivity index (χ4v) is 4.16. The molecular formula is C14H26N4O2S. The Labute approximate surface area is 127 Å². The maximum Gasteiger partial charge on any atom is 0.262 e. The number of aromatic nitrogens is 2. The Morgan fingerprint density at radius 3 is 2.52 bits per heavy atom. The summed E-state index contributed by atoms with van der Waals surface area (Å²) in [6.45, 7) is 10.7. The molecule has 0 aliphatic carbocycles. The highest BCUT2D eigenvalue weighted by atomic mass is 32.2. The van der Waals surface area contributed by atoms with Gasteiger partial charge in [0.25, 0.3) is 10.0 Å². The number of nitrogens with zero attached hydrogens (tertiary/aromatic N) is 2. The van der Waals surface area contributed by atoms with Gasteiger partial charge in [0.15, 0.2) is 5.03 Å². The third-order valence-corrected chi connectivity index (χ3v) is 6.12. The third-order valence-electron chi connectivity index (χ3n) is 4.25. The van der Waals surface area contributed by atoms with Gasteiger partial charge in [-0.3, -0.25) is 5.10 Å². The molecule has 7 heteroatoms. The summed E-state index contributed by atoms with van der Waals surface area (Å²) in [7, 11) is -3.50. The first-order chi connectivity index (χ1) is 9.78. The molecule has 21 heavy (non-hydrogen) atoms. The lowest BCUT2D eigenvalue weighted by atomic mass is 9.83. The van der Waals surface area contributed by atoms with E-state index in [1.54, 1.807) is 4.31 Å². The van der Waals surface area contributed by atoms with E-state index in [9.17, 15) is 8.42 Å². The molecule has 0 aromatic carbocycles. The van der Waals surface area contributed by atoms with Gasteiger partial charge in [0.2, 0.25) is 0 Å². The van der Waals surface area contributed by atoms with E-state index in [1.807, 2.05) is 13.8 Å². The summed E-state index contributed by atoms with van der Waals surface area (Å²) < 4.78 is 27.2. The van der Waals surface area contributed by atoms with Gasteiger partial charge in [0, 0.05) is 30.9 Å². The van der Waals surface area contributed by atoms with Crippen molar-refractivity contribution >= 4 is 10.0 Å². The SMILES string of the molecule is CCNCc1c(S(=O)(=O)N2CCC(C)(C)CC2)n[nH]c1C. The lowest BCUT2D eigenvalue weighted by Gasteiger charge is -2.35. The Hall–Kier alpha value is -0.920. The van der Waals surface area contributed by atoms with Crippen LogP contribution >= 0.6 is 0 Å². The molecule has 6 nitrogen and oxygen atoms in total. The number of sulfonamides is 1. The molecule has 0 spiro atoms. The molecule has 120 valence electrons. The Kier molecular flexibility index (Phi) is 4.75. The van der Waals surface area contributed by atoms with Gasteiger partial charge < -0.3 is 5.32 Å². The Bertz CT molecular complexity index is 582. The minimum Gasteiger partial charge on any atom is -0.313 e. The van der Waals surface area contributed by atoms with E-state index in [1.165, 1.54) is 0 Å². The van der Waals surface area contributed by atoms with Gasteiger partial charge in [-0.1, -0.05) is 20.8 Å². The summed E-state index contributed by atoms with van der Waals surface area (Å²) in [6.07, 6.45) is 1.77. The number of rotatable bonds is 5. The number of hydrogen-bond donors (Lipinski definition) is 2. The topological polar surface area (TPSA) is 78.1 Å². The number of H-pyrrole nitrogens is 1. The maximum absolute atomic E-state index is 12.8. The van der Waals surface area contributed by atoms with Crippen molar-refractivity contribution in [1.82, 2.24) is 19.8 Å². The first-order valence-corrected chi connectivity index (χ1v) is 8.96. The van der Waals surface area contributed by atoms with E-state index in [0.29, 0.717) is 19.6 Å². The smallest absolute Gasteiger partial charge is 0.262 e. The number of piperidine rings is 1. The van der Waals surface area contributed by atoms with Crippen LogP contribution in [0.2, 0.25) is 0 Å². The molecule has 0 saturated carbocycles. The van der Waals surface area contributed by atoms with E-state index in [4.69, 9.17) is 0 Å². The molecule has 0 amide bonds. The van der Waals surface area contributed by atoms with Gasteiger partial charge >= 0.3 is 0 Å². The van der Waals surface area contributed by atoms with Crippen molar-refractivity contribution in [2.75, 3.05) is 19.6 Å². The van der Waals surface area contributed by atoms with Crippen LogP contribution < -0.4 is 5.32 Å². The van der Waals surface area contributed by atoms with E-state index in [2.05, 4.69) is 29.4 Å². The largest absolute Gasteiger partial charge is 0.313 e. The molecule has 1 aliphatic rings. The van der Waals surface area contributed by atoms with Gasteiger partial charge in [-0.15, -0.1) is 0 Å². The van der Waals surface area contributed by atoms with Crippen LogP contribution in [0.15, 0.2) is 5.03 Å². The number of hydrogen-bond acceptors (Lipinski definition) is 4. The molecule has 1 aromatic rings. The van der Waals surface area contributed by atoms with Gasteiger partial charge in [-0.05, 0) is 31.7 Å².